The molecule has 1 aliphatic heterocycles. The number of rotatable bonds is 1. The minimum absolute atomic E-state index is 0.135. The molecule has 2 N–H and O–H groups in total. The molecular weight excluding hydrogens is 132 g/mol. The van der Waals surface area contributed by atoms with Gasteiger partial charge in [0.15, 0.2) is 6.35 Å². The number of hydrogen-bond acceptors (Lipinski definition) is 4. The number of nitrogens with zero attached hydrogens (tertiary/aromatic N) is 1. The number of aliphatic hydroxyl groups excluding tert-OH is 1. The van der Waals surface area contributed by atoms with Gasteiger partial charge in [-0.2, -0.15) is 0 Å². The summed E-state index contributed by atoms with van der Waals surface area (Å²) in [5.41, 5.74) is 0. The van der Waals surface area contributed by atoms with E-state index in [0.29, 0.717) is 0 Å². The molecular formula is C6H14N2O2. The zero-order chi connectivity index (χ0) is 7.56. The zero-order valence-electron chi connectivity index (χ0n) is 6.37. The Kier molecular flexibility index (Phi) is 2.62. The largest absolute Gasteiger partial charge is 0.378 e. The van der Waals surface area contributed by atoms with E-state index in [4.69, 9.17) is 9.84 Å². The lowest BCUT2D eigenvalue weighted by Gasteiger charge is -2.34. The molecule has 0 aromatic carbocycles. The summed E-state index contributed by atoms with van der Waals surface area (Å²) < 4.78 is 5.03. The third-order valence-electron chi connectivity index (χ3n) is 1.71. The van der Waals surface area contributed by atoms with Crippen LogP contribution < -0.4 is 5.32 Å². The zero-order valence-corrected chi connectivity index (χ0v) is 6.37. The van der Waals surface area contributed by atoms with E-state index in [2.05, 4.69) is 5.32 Å². The van der Waals surface area contributed by atoms with Crippen LogP contribution in [0.1, 0.15) is 6.42 Å². The molecule has 2 unspecified atom stereocenters. The Balaban J connectivity index is 2.38. The van der Waals surface area contributed by atoms with E-state index in [-0.39, 0.29) is 6.35 Å². The lowest BCUT2D eigenvalue weighted by molar-refractivity contribution is -0.106. The van der Waals surface area contributed by atoms with Gasteiger partial charge < -0.3 is 9.84 Å². The molecule has 60 valence electrons. The molecule has 2 atom stereocenters. The van der Waals surface area contributed by atoms with Gasteiger partial charge in [-0.05, 0) is 13.5 Å². The minimum atomic E-state index is -0.416. The molecule has 0 spiro atoms. The number of nitrogens with one attached hydrogen (secondary N) is 1. The van der Waals surface area contributed by atoms with Gasteiger partial charge in [0.25, 0.3) is 0 Å². The second-order valence-corrected chi connectivity index (χ2v) is 2.54. The Hall–Kier alpha value is -0.160. The summed E-state index contributed by atoms with van der Waals surface area (Å²) in [6.45, 7) is 0.868. The van der Waals surface area contributed by atoms with E-state index < -0.39 is 6.23 Å². The Bertz CT molecular complexity index is 110. The van der Waals surface area contributed by atoms with Crippen LogP contribution in [0.2, 0.25) is 0 Å². The summed E-state index contributed by atoms with van der Waals surface area (Å²) in [7, 11) is 3.57. The maximum Gasteiger partial charge on any atom is 0.167 e. The lowest BCUT2D eigenvalue weighted by atomic mass is 10.3. The highest BCUT2D eigenvalue weighted by Crippen LogP contribution is 2.04. The monoisotopic (exact) mass is 146 g/mol. The van der Waals surface area contributed by atoms with Crippen LogP contribution in [0.15, 0.2) is 0 Å². The van der Waals surface area contributed by atoms with E-state index in [0.717, 1.165) is 13.0 Å². The van der Waals surface area contributed by atoms with Crippen LogP contribution in [0.25, 0.3) is 0 Å². The second kappa shape index (κ2) is 3.30. The van der Waals surface area contributed by atoms with E-state index in [1.807, 2.05) is 11.9 Å². The third kappa shape index (κ3) is 1.67. The first-order valence-corrected chi connectivity index (χ1v) is 3.41. The normalized spacial score (nSPS) is 36.3. The van der Waals surface area contributed by atoms with Gasteiger partial charge in [-0.1, -0.05) is 0 Å². The molecule has 1 fully saturated rings. The van der Waals surface area contributed by atoms with Crippen LogP contribution in [0.5, 0.6) is 0 Å². The maximum atomic E-state index is 9.11. The highest BCUT2D eigenvalue weighted by atomic mass is 16.5. The van der Waals surface area contributed by atoms with Crippen molar-refractivity contribution in [1.82, 2.24) is 10.2 Å². The summed E-state index contributed by atoms with van der Waals surface area (Å²) >= 11 is 0. The average Bonchev–Trinajstić information content (AvgIpc) is 1.94. The fourth-order valence-corrected chi connectivity index (χ4v) is 1.07. The van der Waals surface area contributed by atoms with Crippen LogP contribution in [0.4, 0.5) is 0 Å². The van der Waals surface area contributed by atoms with E-state index >= 15 is 0 Å². The Labute approximate surface area is 60.8 Å². The molecule has 1 saturated heterocycles. The van der Waals surface area contributed by atoms with Crippen molar-refractivity contribution in [1.29, 1.82) is 0 Å². The first-order chi connectivity index (χ1) is 4.74. The summed E-state index contributed by atoms with van der Waals surface area (Å²) in [6.07, 6.45) is 0.209. The van der Waals surface area contributed by atoms with Gasteiger partial charge >= 0.3 is 0 Å². The standard InChI is InChI=1S/C6H14N2O2/c1-8-4-3-5(9)7-6(8)10-2/h5-7,9H,3-4H2,1-2H3. The fraction of sp³-hybridized carbons (Fsp3) is 1.00. The van der Waals surface area contributed by atoms with Crippen LogP contribution in [0, 0.1) is 0 Å². The fourth-order valence-electron chi connectivity index (χ4n) is 1.07. The molecule has 0 aromatic rings. The Morgan fingerprint density at radius 3 is 2.90 bits per heavy atom. The number of ether oxygens (including phenoxy) is 1. The van der Waals surface area contributed by atoms with Gasteiger partial charge in [-0.25, -0.2) is 0 Å². The number of aliphatic hydroxyl groups is 1. The highest BCUT2D eigenvalue weighted by Gasteiger charge is 2.22. The van der Waals surface area contributed by atoms with Crippen LogP contribution in [-0.4, -0.2) is 43.3 Å². The summed E-state index contributed by atoms with van der Waals surface area (Å²) in [4.78, 5) is 2.01. The number of methoxy groups -OCH3 is 1. The topological polar surface area (TPSA) is 44.7 Å². The van der Waals surface area contributed by atoms with Crippen molar-refractivity contribution in [3.8, 4) is 0 Å². The molecule has 1 aliphatic rings. The molecule has 0 bridgehead atoms. The molecule has 0 saturated carbocycles. The molecule has 10 heavy (non-hydrogen) atoms. The van der Waals surface area contributed by atoms with Crippen LogP contribution in [0.3, 0.4) is 0 Å². The van der Waals surface area contributed by atoms with Crippen LogP contribution in [-0.2, 0) is 4.74 Å². The van der Waals surface area contributed by atoms with Crippen molar-refractivity contribution < 1.29 is 9.84 Å². The summed E-state index contributed by atoms with van der Waals surface area (Å²) in [6, 6.07) is 0. The summed E-state index contributed by atoms with van der Waals surface area (Å²) in [5.74, 6) is 0. The SMILES string of the molecule is COC1NC(O)CCN1C. The van der Waals surface area contributed by atoms with E-state index in [1.165, 1.54) is 0 Å². The predicted molar refractivity (Wildman–Crippen MR) is 37.2 cm³/mol. The van der Waals surface area contributed by atoms with Gasteiger partial charge in [-0.3, -0.25) is 10.2 Å². The first-order valence-electron chi connectivity index (χ1n) is 3.41. The van der Waals surface area contributed by atoms with E-state index in [1.54, 1.807) is 7.11 Å². The van der Waals surface area contributed by atoms with Crippen molar-refractivity contribution in [2.24, 2.45) is 0 Å². The van der Waals surface area contributed by atoms with Gasteiger partial charge in [0.2, 0.25) is 0 Å². The molecule has 0 aliphatic carbocycles. The average molecular weight is 146 g/mol. The third-order valence-corrected chi connectivity index (χ3v) is 1.71. The molecule has 0 amide bonds. The van der Waals surface area contributed by atoms with Crippen molar-refractivity contribution in [3.05, 3.63) is 0 Å². The molecule has 4 heteroatoms. The number of hydrogen-bond donors (Lipinski definition) is 2. The first kappa shape index (κ1) is 7.94. The molecule has 1 rings (SSSR count). The van der Waals surface area contributed by atoms with E-state index in [9.17, 15) is 0 Å². The Morgan fingerprint density at radius 1 is 1.70 bits per heavy atom. The maximum absolute atomic E-state index is 9.11. The smallest absolute Gasteiger partial charge is 0.167 e. The van der Waals surface area contributed by atoms with Crippen molar-refractivity contribution in [3.63, 3.8) is 0 Å². The molecule has 4 nitrogen and oxygen atoms in total. The second-order valence-electron chi connectivity index (χ2n) is 2.54. The summed E-state index contributed by atoms with van der Waals surface area (Å²) in [5, 5.41) is 12.0. The van der Waals surface area contributed by atoms with Crippen molar-refractivity contribution in [2.75, 3.05) is 20.7 Å². The van der Waals surface area contributed by atoms with Crippen molar-refractivity contribution in [2.45, 2.75) is 19.0 Å². The predicted octanol–water partition coefficient (Wildman–Crippen LogP) is -0.840. The van der Waals surface area contributed by atoms with Gasteiger partial charge in [0, 0.05) is 13.7 Å². The molecule has 1 heterocycles. The van der Waals surface area contributed by atoms with Crippen LogP contribution >= 0.6 is 0 Å². The van der Waals surface area contributed by atoms with Gasteiger partial charge in [0.1, 0.15) is 6.23 Å². The quantitative estimate of drug-likeness (QED) is 0.506. The van der Waals surface area contributed by atoms with Gasteiger partial charge in [-0.15, -0.1) is 0 Å². The minimum Gasteiger partial charge on any atom is -0.378 e. The van der Waals surface area contributed by atoms with Gasteiger partial charge in [0.05, 0.1) is 0 Å². The van der Waals surface area contributed by atoms with Crippen molar-refractivity contribution >= 4 is 0 Å². The lowest BCUT2D eigenvalue weighted by Crippen LogP contribution is -2.55. The highest BCUT2D eigenvalue weighted by molar-refractivity contribution is 4.67. The molecule has 0 aromatic heterocycles. The molecule has 0 radical (unpaired) electrons. The Morgan fingerprint density at radius 2 is 2.40 bits per heavy atom.